The van der Waals surface area contributed by atoms with Crippen LogP contribution in [-0.2, 0) is 0 Å². The highest BCUT2D eigenvalue weighted by atomic mass is 35.5. The predicted molar refractivity (Wildman–Crippen MR) is 195 cm³/mol. The fourth-order valence-corrected chi connectivity index (χ4v) is 6.86. The number of anilines is 6. The summed E-state index contributed by atoms with van der Waals surface area (Å²) in [4.78, 5) is 4.42. The fourth-order valence-electron chi connectivity index (χ4n) is 6.57. The molecule has 0 aliphatic rings. The fraction of sp³-hybridized carbons (Fsp3) is 0. The molecule has 0 N–H and O–H groups in total. The van der Waals surface area contributed by atoms with Crippen molar-refractivity contribution in [3.63, 3.8) is 0 Å². The van der Waals surface area contributed by atoms with Crippen LogP contribution in [-0.4, -0.2) is 0 Å². The normalized spacial score (nSPS) is 11.5. The molecule has 0 saturated carbocycles. The summed E-state index contributed by atoms with van der Waals surface area (Å²) in [7, 11) is 0. The number of halogens is 1. The number of fused-ring (bicyclic) bond motifs is 6. The maximum atomic E-state index is 7.56. The SMILES string of the molecule is Clc1c(N(c2ccccc2)c2ccc3oc4ccccc4c3c2)cccc1N(c1ccccc1)c1ccc2oc3ccccc3c2c1. The van der Waals surface area contributed by atoms with Gasteiger partial charge in [-0.05, 0) is 84.9 Å². The van der Waals surface area contributed by atoms with Crippen LogP contribution in [0.5, 0.6) is 0 Å². The van der Waals surface area contributed by atoms with E-state index in [0.717, 1.165) is 78.0 Å². The van der Waals surface area contributed by atoms with Crippen LogP contribution in [0.2, 0.25) is 5.02 Å². The lowest BCUT2D eigenvalue weighted by molar-refractivity contribution is 0.668. The molecule has 0 saturated heterocycles. The van der Waals surface area contributed by atoms with Gasteiger partial charge < -0.3 is 18.6 Å². The van der Waals surface area contributed by atoms with Crippen molar-refractivity contribution in [1.82, 2.24) is 0 Å². The van der Waals surface area contributed by atoms with Crippen LogP contribution in [0.4, 0.5) is 34.1 Å². The Labute approximate surface area is 276 Å². The quantitative estimate of drug-likeness (QED) is 0.184. The molecule has 224 valence electrons. The van der Waals surface area contributed by atoms with Crippen molar-refractivity contribution in [3.8, 4) is 0 Å². The van der Waals surface area contributed by atoms with Gasteiger partial charge in [-0.2, -0.15) is 0 Å². The van der Waals surface area contributed by atoms with Gasteiger partial charge in [-0.3, -0.25) is 0 Å². The van der Waals surface area contributed by atoms with Crippen LogP contribution >= 0.6 is 11.6 Å². The molecule has 9 rings (SSSR count). The first-order valence-corrected chi connectivity index (χ1v) is 15.9. The molecule has 0 aliphatic heterocycles. The zero-order valence-electron chi connectivity index (χ0n) is 25.2. The molecule has 0 bridgehead atoms. The first kappa shape index (κ1) is 27.3. The molecule has 0 fully saturated rings. The maximum Gasteiger partial charge on any atom is 0.135 e. The van der Waals surface area contributed by atoms with E-state index in [2.05, 4.69) is 88.7 Å². The van der Waals surface area contributed by atoms with E-state index in [9.17, 15) is 0 Å². The molecule has 47 heavy (non-hydrogen) atoms. The summed E-state index contributed by atoms with van der Waals surface area (Å²) in [5, 5.41) is 4.88. The van der Waals surface area contributed by atoms with Gasteiger partial charge in [-0.1, -0.05) is 90.5 Å². The second-order valence-electron chi connectivity index (χ2n) is 11.5. The molecule has 7 aromatic carbocycles. The van der Waals surface area contributed by atoms with Gasteiger partial charge in [0.25, 0.3) is 0 Å². The molecule has 0 unspecified atom stereocenters. The van der Waals surface area contributed by atoms with Crippen molar-refractivity contribution in [2.24, 2.45) is 0 Å². The highest BCUT2D eigenvalue weighted by molar-refractivity contribution is 6.36. The molecule has 5 heteroatoms. The van der Waals surface area contributed by atoms with Gasteiger partial charge in [-0.15, -0.1) is 0 Å². The third kappa shape index (κ3) is 4.61. The summed E-state index contributed by atoms with van der Waals surface area (Å²) in [6.07, 6.45) is 0. The van der Waals surface area contributed by atoms with Crippen LogP contribution in [0.15, 0.2) is 173 Å². The Morgan fingerprint density at radius 2 is 0.745 bits per heavy atom. The maximum absolute atomic E-state index is 7.56. The summed E-state index contributed by atoms with van der Waals surface area (Å²) < 4.78 is 12.3. The lowest BCUT2D eigenvalue weighted by atomic mass is 10.1. The molecular weight excluding hydrogens is 600 g/mol. The van der Waals surface area contributed by atoms with E-state index in [0.29, 0.717) is 5.02 Å². The number of benzene rings is 7. The van der Waals surface area contributed by atoms with Crippen molar-refractivity contribution in [2.75, 3.05) is 9.80 Å². The topological polar surface area (TPSA) is 32.8 Å². The zero-order chi connectivity index (χ0) is 31.3. The van der Waals surface area contributed by atoms with Crippen LogP contribution in [0.25, 0.3) is 43.9 Å². The van der Waals surface area contributed by atoms with E-state index in [1.165, 1.54) is 0 Å². The molecular formula is C42H27ClN2O2. The Morgan fingerprint density at radius 1 is 0.340 bits per heavy atom. The van der Waals surface area contributed by atoms with Gasteiger partial charge in [0, 0.05) is 44.3 Å². The van der Waals surface area contributed by atoms with E-state index < -0.39 is 0 Å². The zero-order valence-corrected chi connectivity index (χ0v) is 25.9. The lowest BCUT2D eigenvalue weighted by Gasteiger charge is -2.31. The molecule has 0 amide bonds. The summed E-state index contributed by atoms with van der Waals surface area (Å²) in [5.74, 6) is 0. The summed E-state index contributed by atoms with van der Waals surface area (Å²) >= 11 is 7.56. The first-order chi connectivity index (χ1) is 23.2. The monoisotopic (exact) mass is 626 g/mol. The van der Waals surface area contributed by atoms with Crippen LogP contribution in [0, 0.1) is 0 Å². The average molecular weight is 627 g/mol. The van der Waals surface area contributed by atoms with Crippen molar-refractivity contribution in [3.05, 3.63) is 169 Å². The standard InChI is InChI=1S/C42H27ClN2O2/c43-42-36(44(28-12-3-1-4-13-28)30-22-24-40-34(26-30)32-16-7-9-20-38(32)46-40)18-11-19-37(42)45(29-14-5-2-6-15-29)31-23-25-41-35(27-31)33-17-8-10-21-39(33)47-41/h1-27H. The van der Waals surface area contributed by atoms with E-state index in [1.54, 1.807) is 0 Å². The van der Waals surface area contributed by atoms with Crippen LogP contribution < -0.4 is 9.80 Å². The lowest BCUT2D eigenvalue weighted by Crippen LogP contribution is -2.14. The number of hydrogen-bond donors (Lipinski definition) is 0. The minimum absolute atomic E-state index is 0.620. The first-order valence-electron chi connectivity index (χ1n) is 15.5. The largest absolute Gasteiger partial charge is 0.456 e. The molecule has 0 atom stereocenters. The van der Waals surface area contributed by atoms with Gasteiger partial charge in [0.1, 0.15) is 22.3 Å². The summed E-state index contributed by atoms with van der Waals surface area (Å²) in [6.45, 7) is 0. The molecule has 0 spiro atoms. The number of furan rings is 2. The third-order valence-corrected chi connectivity index (χ3v) is 9.09. The highest BCUT2D eigenvalue weighted by Crippen LogP contribution is 2.48. The number of para-hydroxylation sites is 4. The third-order valence-electron chi connectivity index (χ3n) is 8.71. The molecule has 9 aromatic rings. The Morgan fingerprint density at radius 3 is 1.21 bits per heavy atom. The van der Waals surface area contributed by atoms with E-state index >= 15 is 0 Å². The van der Waals surface area contributed by atoms with Crippen molar-refractivity contribution in [1.29, 1.82) is 0 Å². The smallest absolute Gasteiger partial charge is 0.135 e. The van der Waals surface area contributed by atoms with Crippen LogP contribution in [0.3, 0.4) is 0 Å². The van der Waals surface area contributed by atoms with Crippen LogP contribution in [0.1, 0.15) is 0 Å². The van der Waals surface area contributed by atoms with E-state index in [4.69, 9.17) is 20.4 Å². The Hall–Kier alpha value is -5.97. The van der Waals surface area contributed by atoms with Crippen molar-refractivity contribution in [2.45, 2.75) is 0 Å². The Kier molecular flexibility index (Phi) is 6.47. The Balaban J connectivity index is 1.25. The number of hydrogen-bond acceptors (Lipinski definition) is 4. The predicted octanol–water partition coefficient (Wildman–Crippen LogP) is 13.1. The van der Waals surface area contributed by atoms with Gasteiger partial charge in [0.15, 0.2) is 0 Å². The van der Waals surface area contributed by atoms with Gasteiger partial charge in [-0.25, -0.2) is 0 Å². The van der Waals surface area contributed by atoms with E-state index in [-0.39, 0.29) is 0 Å². The Bertz CT molecular complexity index is 2380. The molecule has 4 nitrogen and oxygen atoms in total. The summed E-state index contributed by atoms with van der Waals surface area (Å²) in [5.41, 5.74) is 9.10. The minimum Gasteiger partial charge on any atom is -0.456 e. The second kappa shape index (κ2) is 11.1. The minimum atomic E-state index is 0.620. The van der Waals surface area contributed by atoms with Gasteiger partial charge in [0.2, 0.25) is 0 Å². The van der Waals surface area contributed by atoms with Gasteiger partial charge >= 0.3 is 0 Å². The summed E-state index contributed by atoms with van der Waals surface area (Å²) in [6, 6.07) is 55.8. The number of nitrogens with zero attached hydrogens (tertiary/aromatic N) is 2. The van der Waals surface area contributed by atoms with E-state index in [1.807, 2.05) is 84.9 Å². The molecule has 0 aliphatic carbocycles. The van der Waals surface area contributed by atoms with Crippen molar-refractivity contribution >= 4 is 89.6 Å². The number of rotatable bonds is 6. The molecule has 0 radical (unpaired) electrons. The average Bonchev–Trinajstić information content (AvgIpc) is 3.69. The molecule has 2 heterocycles. The highest BCUT2D eigenvalue weighted by Gasteiger charge is 2.23. The van der Waals surface area contributed by atoms with Gasteiger partial charge in [0.05, 0.1) is 16.4 Å². The second-order valence-corrected chi connectivity index (χ2v) is 11.9. The van der Waals surface area contributed by atoms with Crippen molar-refractivity contribution < 1.29 is 8.83 Å². The molecule has 2 aromatic heterocycles.